The molecule has 14 heavy (non-hydrogen) atoms. The van der Waals surface area contributed by atoms with Crippen molar-refractivity contribution in [3.8, 4) is 0 Å². The van der Waals surface area contributed by atoms with E-state index in [2.05, 4.69) is 9.97 Å². The molecule has 0 amide bonds. The lowest BCUT2D eigenvalue weighted by Gasteiger charge is -2.05. The summed E-state index contributed by atoms with van der Waals surface area (Å²) < 4.78 is 45.2. The van der Waals surface area contributed by atoms with Gasteiger partial charge in [-0.1, -0.05) is 6.92 Å². The van der Waals surface area contributed by atoms with E-state index in [9.17, 15) is 16.7 Å². The first-order chi connectivity index (χ1) is 6.38. The number of hydrogen-bond donors (Lipinski definition) is 0. The van der Waals surface area contributed by atoms with Gasteiger partial charge in [-0.2, -0.15) is 8.42 Å². The predicted molar refractivity (Wildman–Crippen MR) is 45.3 cm³/mol. The molecular formula is C7H8F2N2O2S. The number of nitrogens with zero attached hydrogens (tertiary/aromatic N) is 2. The van der Waals surface area contributed by atoms with Gasteiger partial charge in [0.2, 0.25) is 0 Å². The van der Waals surface area contributed by atoms with E-state index < -0.39 is 27.7 Å². The molecule has 0 saturated heterocycles. The van der Waals surface area contributed by atoms with Crippen molar-refractivity contribution in [1.29, 1.82) is 0 Å². The topological polar surface area (TPSA) is 59.9 Å². The van der Waals surface area contributed by atoms with Crippen molar-refractivity contribution < 1.29 is 16.7 Å². The Labute approximate surface area is 80.2 Å². The second-order valence-corrected chi connectivity index (χ2v) is 4.28. The molecule has 0 aliphatic rings. The largest absolute Gasteiger partial charge is 0.303 e. The molecule has 1 aromatic heterocycles. The van der Waals surface area contributed by atoms with Crippen LogP contribution in [0.3, 0.4) is 0 Å². The number of aromatic nitrogens is 2. The molecule has 0 spiro atoms. The summed E-state index contributed by atoms with van der Waals surface area (Å²) in [7, 11) is -4.56. The summed E-state index contributed by atoms with van der Waals surface area (Å²) in [6.45, 7) is 1.45. The normalized spacial score (nSPS) is 13.9. The van der Waals surface area contributed by atoms with Gasteiger partial charge < -0.3 is 0 Å². The summed E-state index contributed by atoms with van der Waals surface area (Å²) in [6, 6.07) is 0. The van der Waals surface area contributed by atoms with Crippen LogP contribution in [0, 0.1) is 5.82 Å². The maximum absolute atomic E-state index is 12.4. The Morgan fingerprint density at radius 1 is 1.43 bits per heavy atom. The highest BCUT2D eigenvalue weighted by Gasteiger charge is 2.17. The summed E-state index contributed by atoms with van der Waals surface area (Å²) >= 11 is 0. The summed E-state index contributed by atoms with van der Waals surface area (Å²) in [5.74, 6) is -1.90. The minimum atomic E-state index is -4.56. The third kappa shape index (κ3) is 3.33. The minimum absolute atomic E-state index is 0.104. The van der Waals surface area contributed by atoms with E-state index in [-0.39, 0.29) is 5.82 Å². The van der Waals surface area contributed by atoms with Crippen LogP contribution in [0.2, 0.25) is 0 Å². The SMILES string of the molecule is C[C@H](CS(=O)(=O)F)c1ncc(F)cn1. The van der Waals surface area contributed by atoms with E-state index >= 15 is 0 Å². The van der Waals surface area contributed by atoms with Gasteiger partial charge in [-0.25, -0.2) is 14.4 Å². The van der Waals surface area contributed by atoms with Gasteiger partial charge in [0.05, 0.1) is 18.1 Å². The van der Waals surface area contributed by atoms with Crippen molar-refractivity contribution in [3.05, 3.63) is 24.0 Å². The smallest absolute Gasteiger partial charge is 0.238 e. The quantitative estimate of drug-likeness (QED) is 0.716. The number of hydrogen-bond acceptors (Lipinski definition) is 4. The highest BCUT2D eigenvalue weighted by molar-refractivity contribution is 7.86. The van der Waals surface area contributed by atoms with E-state index in [4.69, 9.17) is 0 Å². The highest BCUT2D eigenvalue weighted by atomic mass is 32.3. The third-order valence-corrected chi connectivity index (χ3v) is 2.43. The fourth-order valence-corrected chi connectivity index (χ4v) is 1.70. The minimum Gasteiger partial charge on any atom is -0.238 e. The average Bonchev–Trinajstić information content (AvgIpc) is 2.02. The van der Waals surface area contributed by atoms with Gasteiger partial charge in [0, 0.05) is 5.92 Å². The van der Waals surface area contributed by atoms with Gasteiger partial charge in [0.1, 0.15) is 5.82 Å². The monoisotopic (exact) mass is 222 g/mol. The lowest BCUT2D eigenvalue weighted by atomic mass is 10.2. The maximum atomic E-state index is 12.4. The molecule has 0 fully saturated rings. The van der Waals surface area contributed by atoms with Crippen LogP contribution in [0.1, 0.15) is 18.7 Å². The Kier molecular flexibility index (Phi) is 3.10. The van der Waals surface area contributed by atoms with Crippen molar-refractivity contribution >= 4 is 10.2 Å². The van der Waals surface area contributed by atoms with Crippen molar-refractivity contribution in [2.45, 2.75) is 12.8 Å². The molecule has 1 aromatic rings. The zero-order chi connectivity index (χ0) is 10.8. The Bertz CT molecular complexity index is 404. The van der Waals surface area contributed by atoms with Crippen LogP contribution in [0.25, 0.3) is 0 Å². The van der Waals surface area contributed by atoms with Gasteiger partial charge in [0.25, 0.3) is 0 Å². The van der Waals surface area contributed by atoms with Crippen LogP contribution < -0.4 is 0 Å². The summed E-state index contributed by atoms with van der Waals surface area (Å²) in [5.41, 5.74) is 0. The Hall–Kier alpha value is -1.11. The Morgan fingerprint density at radius 3 is 2.36 bits per heavy atom. The van der Waals surface area contributed by atoms with E-state index in [0.717, 1.165) is 12.4 Å². The molecule has 0 N–H and O–H groups in total. The average molecular weight is 222 g/mol. The first kappa shape index (κ1) is 11.0. The molecule has 4 nitrogen and oxygen atoms in total. The molecule has 0 saturated carbocycles. The molecule has 78 valence electrons. The van der Waals surface area contributed by atoms with E-state index in [0.29, 0.717) is 0 Å². The van der Waals surface area contributed by atoms with Gasteiger partial charge in [-0.05, 0) is 0 Å². The van der Waals surface area contributed by atoms with Crippen LogP contribution in [-0.4, -0.2) is 24.1 Å². The lowest BCUT2D eigenvalue weighted by molar-refractivity contribution is 0.543. The van der Waals surface area contributed by atoms with E-state index in [1.807, 2.05) is 0 Å². The second kappa shape index (κ2) is 3.95. The highest BCUT2D eigenvalue weighted by Crippen LogP contribution is 2.13. The van der Waals surface area contributed by atoms with Crippen molar-refractivity contribution in [2.75, 3.05) is 5.75 Å². The Morgan fingerprint density at radius 2 is 1.93 bits per heavy atom. The molecule has 7 heteroatoms. The zero-order valence-corrected chi connectivity index (χ0v) is 8.13. The summed E-state index contributed by atoms with van der Waals surface area (Å²) in [4.78, 5) is 7.09. The first-order valence-electron chi connectivity index (χ1n) is 3.78. The molecule has 1 rings (SSSR count). The molecule has 0 bridgehead atoms. The lowest BCUT2D eigenvalue weighted by Crippen LogP contribution is -2.10. The van der Waals surface area contributed by atoms with E-state index in [1.165, 1.54) is 6.92 Å². The zero-order valence-electron chi connectivity index (χ0n) is 7.31. The molecular weight excluding hydrogens is 214 g/mol. The van der Waals surface area contributed by atoms with Crippen LogP contribution in [0.4, 0.5) is 8.28 Å². The standard InChI is InChI=1S/C7H8F2N2O2S/c1-5(4-14(9,12)13)7-10-2-6(8)3-11-7/h2-3,5H,4H2,1H3/t5-/m1/s1. The molecule has 0 radical (unpaired) electrons. The van der Waals surface area contributed by atoms with Gasteiger partial charge in [0.15, 0.2) is 5.82 Å². The number of rotatable bonds is 3. The molecule has 0 aliphatic heterocycles. The fraction of sp³-hybridized carbons (Fsp3) is 0.429. The third-order valence-electron chi connectivity index (χ3n) is 1.53. The summed E-state index contributed by atoms with van der Waals surface area (Å²) in [6.07, 6.45) is 1.81. The van der Waals surface area contributed by atoms with Crippen LogP contribution >= 0.6 is 0 Å². The molecule has 1 atom stereocenters. The predicted octanol–water partition coefficient (Wildman–Crippen LogP) is 1.02. The van der Waals surface area contributed by atoms with Crippen LogP contribution in [0.5, 0.6) is 0 Å². The van der Waals surface area contributed by atoms with E-state index in [1.54, 1.807) is 0 Å². The van der Waals surface area contributed by atoms with Crippen LogP contribution in [-0.2, 0) is 10.2 Å². The van der Waals surface area contributed by atoms with Crippen molar-refractivity contribution in [2.24, 2.45) is 0 Å². The Balaban J connectivity index is 2.80. The summed E-state index contributed by atoms with van der Waals surface area (Å²) in [5, 5.41) is 0. The van der Waals surface area contributed by atoms with Crippen LogP contribution in [0.15, 0.2) is 12.4 Å². The van der Waals surface area contributed by atoms with Gasteiger partial charge in [-0.15, -0.1) is 3.89 Å². The van der Waals surface area contributed by atoms with Crippen molar-refractivity contribution in [3.63, 3.8) is 0 Å². The molecule has 0 unspecified atom stereocenters. The fourth-order valence-electron chi connectivity index (χ4n) is 0.950. The van der Waals surface area contributed by atoms with Gasteiger partial charge >= 0.3 is 10.2 Å². The maximum Gasteiger partial charge on any atom is 0.303 e. The molecule has 0 aliphatic carbocycles. The van der Waals surface area contributed by atoms with Crippen molar-refractivity contribution in [1.82, 2.24) is 9.97 Å². The molecule has 1 heterocycles. The molecule has 0 aromatic carbocycles. The van der Waals surface area contributed by atoms with Gasteiger partial charge in [-0.3, -0.25) is 0 Å². The number of halogens is 2. The first-order valence-corrected chi connectivity index (χ1v) is 5.33. The second-order valence-electron chi connectivity index (χ2n) is 2.87.